The second-order valence-corrected chi connectivity index (χ2v) is 7.11. The Morgan fingerprint density at radius 1 is 1.20 bits per heavy atom. The third kappa shape index (κ3) is 4.81. The van der Waals surface area contributed by atoms with Gasteiger partial charge in [-0.3, -0.25) is 14.4 Å². The zero-order valence-corrected chi connectivity index (χ0v) is 15.3. The van der Waals surface area contributed by atoms with E-state index in [0.717, 1.165) is 18.4 Å². The van der Waals surface area contributed by atoms with Crippen molar-refractivity contribution in [3.63, 3.8) is 0 Å². The summed E-state index contributed by atoms with van der Waals surface area (Å²) in [6.07, 6.45) is 2.20. The molecule has 1 aromatic rings. The van der Waals surface area contributed by atoms with Crippen LogP contribution in [0.25, 0.3) is 0 Å². The van der Waals surface area contributed by atoms with Gasteiger partial charge in [0.05, 0.1) is 0 Å². The van der Waals surface area contributed by atoms with Crippen molar-refractivity contribution in [2.24, 2.45) is 5.92 Å². The first-order valence-electron chi connectivity index (χ1n) is 8.59. The van der Waals surface area contributed by atoms with Gasteiger partial charge in [-0.15, -0.1) is 0 Å². The van der Waals surface area contributed by atoms with E-state index in [1.807, 2.05) is 30.3 Å². The topological polar surface area (TPSA) is 78.5 Å². The molecular weight excluding hydrogens is 318 g/mol. The highest BCUT2D eigenvalue weighted by Gasteiger charge is 2.48. The summed E-state index contributed by atoms with van der Waals surface area (Å²) < 4.78 is 0. The van der Waals surface area contributed by atoms with Crippen LogP contribution in [0.3, 0.4) is 0 Å². The molecule has 2 atom stereocenters. The van der Waals surface area contributed by atoms with E-state index in [4.69, 9.17) is 0 Å². The van der Waals surface area contributed by atoms with Crippen molar-refractivity contribution >= 4 is 17.7 Å². The average molecular weight is 345 g/mol. The molecule has 0 saturated heterocycles. The van der Waals surface area contributed by atoms with Crippen molar-refractivity contribution < 1.29 is 14.4 Å². The monoisotopic (exact) mass is 345 g/mol. The Labute approximate surface area is 149 Å². The van der Waals surface area contributed by atoms with Gasteiger partial charge in [0.25, 0.3) is 0 Å². The highest BCUT2D eigenvalue weighted by Crippen LogP contribution is 2.39. The van der Waals surface area contributed by atoms with Crippen LogP contribution in [0.15, 0.2) is 30.3 Å². The highest BCUT2D eigenvalue weighted by molar-refractivity contribution is 5.94. The van der Waals surface area contributed by atoms with Crippen LogP contribution in [-0.4, -0.2) is 48.3 Å². The largest absolute Gasteiger partial charge is 0.347 e. The van der Waals surface area contributed by atoms with Crippen molar-refractivity contribution in [2.45, 2.75) is 44.7 Å². The summed E-state index contributed by atoms with van der Waals surface area (Å²) in [6.45, 7) is 3.14. The number of likely N-dealkylation sites (N-methyl/N-ethyl adjacent to an activating group) is 1. The number of benzene rings is 1. The van der Waals surface area contributed by atoms with Crippen LogP contribution in [-0.2, 0) is 20.8 Å². The van der Waals surface area contributed by atoms with Gasteiger partial charge in [0.15, 0.2) is 0 Å². The quantitative estimate of drug-likeness (QED) is 0.777. The summed E-state index contributed by atoms with van der Waals surface area (Å²) in [5.41, 5.74) is -0.0106. The zero-order valence-electron chi connectivity index (χ0n) is 15.3. The lowest BCUT2D eigenvalue weighted by atomic mass is 9.93. The molecule has 0 aliphatic heterocycles. The van der Waals surface area contributed by atoms with Gasteiger partial charge in [-0.05, 0) is 31.2 Å². The summed E-state index contributed by atoms with van der Waals surface area (Å²) in [5, 5.41) is 5.65. The van der Waals surface area contributed by atoms with E-state index in [0.29, 0.717) is 6.42 Å². The third-order valence-corrected chi connectivity index (χ3v) is 4.63. The summed E-state index contributed by atoms with van der Waals surface area (Å²) >= 11 is 0. The fraction of sp³-hybridized carbons (Fsp3) is 0.526. The van der Waals surface area contributed by atoms with Crippen LogP contribution in [0.2, 0.25) is 0 Å². The maximum absolute atomic E-state index is 12.9. The lowest BCUT2D eigenvalue weighted by molar-refractivity contribution is -0.138. The van der Waals surface area contributed by atoms with Crippen molar-refractivity contribution in [3.8, 4) is 0 Å². The number of hydrogen-bond donors (Lipinski definition) is 2. The first-order chi connectivity index (χ1) is 11.7. The van der Waals surface area contributed by atoms with Gasteiger partial charge in [0.2, 0.25) is 17.7 Å². The molecule has 6 nitrogen and oxygen atoms in total. The minimum atomic E-state index is -0.979. The molecule has 2 rings (SSSR count). The molecule has 0 unspecified atom stereocenters. The number of amides is 3. The minimum Gasteiger partial charge on any atom is -0.347 e. The molecular formula is C19H27N3O3. The van der Waals surface area contributed by atoms with E-state index in [2.05, 4.69) is 10.6 Å². The van der Waals surface area contributed by atoms with E-state index >= 15 is 0 Å². The summed E-state index contributed by atoms with van der Waals surface area (Å²) in [5.74, 6) is -0.606. The molecule has 1 aliphatic carbocycles. The van der Waals surface area contributed by atoms with Crippen molar-refractivity contribution in [1.82, 2.24) is 15.5 Å². The van der Waals surface area contributed by atoms with E-state index in [9.17, 15) is 14.4 Å². The number of nitrogens with one attached hydrogen (secondary N) is 2. The van der Waals surface area contributed by atoms with E-state index in [-0.39, 0.29) is 23.6 Å². The average Bonchev–Trinajstić information content (AvgIpc) is 3.38. The molecule has 3 amide bonds. The summed E-state index contributed by atoms with van der Waals surface area (Å²) in [4.78, 5) is 38.5. The van der Waals surface area contributed by atoms with E-state index < -0.39 is 11.6 Å². The predicted molar refractivity (Wildman–Crippen MR) is 95.7 cm³/mol. The van der Waals surface area contributed by atoms with Crippen molar-refractivity contribution in [3.05, 3.63) is 35.9 Å². The molecule has 2 N–H and O–H groups in total. The van der Waals surface area contributed by atoms with Crippen LogP contribution in [0.4, 0.5) is 0 Å². The lowest BCUT2D eigenvalue weighted by Gasteiger charge is -2.32. The fourth-order valence-electron chi connectivity index (χ4n) is 3.04. The lowest BCUT2D eigenvalue weighted by Crippen LogP contribution is -2.61. The molecule has 1 fully saturated rings. The molecule has 1 aliphatic rings. The van der Waals surface area contributed by atoms with Crippen LogP contribution >= 0.6 is 0 Å². The zero-order chi connectivity index (χ0) is 18.6. The van der Waals surface area contributed by atoms with E-state index in [1.54, 1.807) is 21.0 Å². The van der Waals surface area contributed by atoms with Gasteiger partial charge in [-0.25, -0.2) is 0 Å². The van der Waals surface area contributed by atoms with E-state index in [1.165, 1.54) is 11.8 Å². The summed E-state index contributed by atoms with van der Waals surface area (Å²) in [6, 6.07) is 8.90. The molecule has 0 radical (unpaired) electrons. The Bertz CT molecular complexity index is 641. The number of rotatable bonds is 7. The highest BCUT2D eigenvalue weighted by atomic mass is 16.2. The van der Waals surface area contributed by atoms with Gasteiger partial charge in [-0.1, -0.05) is 30.3 Å². The molecule has 136 valence electrons. The van der Waals surface area contributed by atoms with Crippen LogP contribution in [0.1, 0.15) is 32.3 Å². The Hall–Kier alpha value is -2.37. The van der Waals surface area contributed by atoms with Crippen molar-refractivity contribution in [1.29, 1.82) is 0 Å². The van der Waals surface area contributed by atoms with Crippen LogP contribution in [0, 0.1) is 5.92 Å². The third-order valence-electron chi connectivity index (χ3n) is 4.63. The van der Waals surface area contributed by atoms with Gasteiger partial charge < -0.3 is 15.5 Å². The molecule has 0 spiro atoms. The summed E-state index contributed by atoms with van der Waals surface area (Å²) in [7, 11) is 3.33. The molecule has 0 aromatic heterocycles. The maximum Gasteiger partial charge on any atom is 0.246 e. The molecule has 25 heavy (non-hydrogen) atoms. The van der Waals surface area contributed by atoms with Crippen LogP contribution < -0.4 is 10.6 Å². The first-order valence-corrected chi connectivity index (χ1v) is 8.59. The normalized spacial score (nSPS) is 17.1. The van der Waals surface area contributed by atoms with Gasteiger partial charge in [-0.2, -0.15) is 0 Å². The second kappa shape index (κ2) is 7.68. The Morgan fingerprint density at radius 2 is 1.80 bits per heavy atom. The SMILES string of the molecule is CC(=O)N[C@](C)(C(=O)N[C@@H](Cc1ccccc1)C(=O)N(C)C)C1CC1. The smallest absolute Gasteiger partial charge is 0.246 e. The number of carbonyl (C=O) groups is 3. The molecule has 1 aromatic carbocycles. The Morgan fingerprint density at radius 3 is 2.28 bits per heavy atom. The van der Waals surface area contributed by atoms with Gasteiger partial charge in [0.1, 0.15) is 11.6 Å². The second-order valence-electron chi connectivity index (χ2n) is 7.11. The van der Waals surface area contributed by atoms with Gasteiger partial charge >= 0.3 is 0 Å². The molecule has 6 heteroatoms. The molecule has 0 heterocycles. The van der Waals surface area contributed by atoms with Crippen LogP contribution in [0.5, 0.6) is 0 Å². The standard InChI is InChI=1S/C19H27N3O3/c1-13(23)21-19(2,15-10-11-15)18(25)20-16(17(24)22(3)4)12-14-8-6-5-7-9-14/h5-9,15-16H,10-12H2,1-4H3,(H,20,25)(H,21,23)/t16-,19-/m0/s1. The number of hydrogen-bond acceptors (Lipinski definition) is 3. The number of nitrogens with zero attached hydrogens (tertiary/aromatic N) is 1. The Kier molecular flexibility index (Phi) is 5.82. The Balaban J connectivity index is 2.18. The fourth-order valence-corrected chi connectivity index (χ4v) is 3.04. The maximum atomic E-state index is 12.9. The molecule has 0 bridgehead atoms. The first kappa shape index (κ1) is 19.0. The number of carbonyl (C=O) groups excluding carboxylic acids is 3. The molecule has 1 saturated carbocycles. The minimum absolute atomic E-state index is 0.114. The predicted octanol–water partition coefficient (Wildman–Crippen LogP) is 1.11. The van der Waals surface area contributed by atoms with Crippen molar-refractivity contribution in [2.75, 3.05) is 14.1 Å². The van der Waals surface area contributed by atoms with Gasteiger partial charge in [0, 0.05) is 27.4 Å².